The van der Waals surface area contributed by atoms with Gasteiger partial charge in [-0.15, -0.1) is 0 Å². The molecule has 5 heterocycles. The maximum atomic E-state index is 15.4. The number of H-pyrrole nitrogens is 1. The van der Waals surface area contributed by atoms with Crippen LogP contribution < -0.4 is 9.64 Å². The zero-order chi connectivity index (χ0) is 33.9. The molecule has 1 saturated heterocycles. The van der Waals surface area contributed by atoms with E-state index in [4.69, 9.17) is 4.74 Å². The summed E-state index contributed by atoms with van der Waals surface area (Å²) in [5, 5.41) is 21.7. The number of piperidine rings is 1. The number of aromatic amines is 1. The lowest BCUT2D eigenvalue weighted by molar-refractivity contribution is -0.00204. The lowest BCUT2D eigenvalue weighted by Crippen LogP contribution is -2.45. The average molecular weight is 662 g/mol. The van der Waals surface area contributed by atoms with Gasteiger partial charge in [-0.25, -0.2) is 9.37 Å². The zero-order valence-corrected chi connectivity index (χ0v) is 27.1. The minimum Gasteiger partial charge on any atom is -0.491 e. The number of aromatic nitrogens is 3. The Morgan fingerprint density at radius 2 is 1.88 bits per heavy atom. The summed E-state index contributed by atoms with van der Waals surface area (Å²) in [4.78, 5) is 42.6. The number of ether oxygens (including phenoxy) is 1. The van der Waals surface area contributed by atoms with E-state index < -0.39 is 17.3 Å². The van der Waals surface area contributed by atoms with Crippen LogP contribution in [0.25, 0.3) is 33.5 Å². The van der Waals surface area contributed by atoms with Crippen molar-refractivity contribution < 1.29 is 28.9 Å². The molecule has 3 N–H and O–H groups in total. The quantitative estimate of drug-likeness (QED) is 0.209. The first-order valence-electron chi connectivity index (χ1n) is 16.7. The predicted molar refractivity (Wildman–Crippen MR) is 182 cm³/mol. The smallest absolute Gasteiger partial charge is 0.265 e. The highest BCUT2D eigenvalue weighted by Crippen LogP contribution is 2.44. The van der Waals surface area contributed by atoms with Crippen LogP contribution in [0.15, 0.2) is 67.0 Å². The lowest BCUT2D eigenvalue weighted by atomic mass is 9.93. The average Bonchev–Trinajstić information content (AvgIpc) is 3.89. The van der Waals surface area contributed by atoms with Crippen LogP contribution in [0.2, 0.25) is 0 Å². The number of hydrogen-bond acceptors (Lipinski definition) is 7. The number of rotatable bonds is 6. The van der Waals surface area contributed by atoms with E-state index in [0.29, 0.717) is 71.3 Å². The van der Waals surface area contributed by atoms with E-state index in [1.807, 2.05) is 24.3 Å². The largest absolute Gasteiger partial charge is 0.491 e. The normalized spacial score (nSPS) is 17.5. The fraction of sp³-hybridized carbons (Fsp3) is 0.316. The number of aliphatic hydroxyl groups is 2. The van der Waals surface area contributed by atoms with Crippen molar-refractivity contribution in [2.45, 2.75) is 50.7 Å². The number of carbonyl (C=O) groups excluding carboxylic acids is 2. The number of halogens is 1. The number of amides is 2. The molecule has 3 aliphatic rings. The molecule has 11 heteroatoms. The van der Waals surface area contributed by atoms with E-state index in [1.54, 1.807) is 48.5 Å². The molecule has 8 rings (SSSR count). The van der Waals surface area contributed by atoms with Gasteiger partial charge < -0.3 is 29.7 Å². The Morgan fingerprint density at radius 3 is 2.61 bits per heavy atom. The molecule has 1 saturated carbocycles. The first-order chi connectivity index (χ1) is 23.7. The van der Waals surface area contributed by atoms with Crippen molar-refractivity contribution in [3.05, 3.63) is 95.1 Å². The van der Waals surface area contributed by atoms with Crippen molar-refractivity contribution in [2.75, 3.05) is 31.1 Å². The van der Waals surface area contributed by atoms with Crippen molar-refractivity contribution in [1.29, 1.82) is 0 Å². The van der Waals surface area contributed by atoms with E-state index in [-0.39, 0.29) is 37.0 Å². The lowest BCUT2D eigenvalue weighted by Gasteiger charge is -2.35. The van der Waals surface area contributed by atoms with E-state index >= 15 is 4.39 Å². The van der Waals surface area contributed by atoms with E-state index in [9.17, 15) is 19.8 Å². The highest BCUT2D eigenvalue weighted by Gasteiger charge is 2.33. The second kappa shape index (κ2) is 12.1. The molecule has 0 radical (unpaired) electrons. The van der Waals surface area contributed by atoms with Crippen LogP contribution >= 0.6 is 0 Å². The van der Waals surface area contributed by atoms with Crippen LogP contribution in [0.1, 0.15) is 70.4 Å². The summed E-state index contributed by atoms with van der Waals surface area (Å²) in [6.45, 7) is 2.78. The third kappa shape index (κ3) is 5.72. The topological polar surface area (TPSA) is 132 Å². The van der Waals surface area contributed by atoms with Gasteiger partial charge in [0.05, 0.1) is 41.4 Å². The number of likely N-dealkylation sites (tertiary alicyclic amines) is 1. The molecule has 5 aromatic rings. The molecule has 0 spiro atoms. The number of nitrogens with zero attached hydrogens (tertiary/aromatic N) is 4. The van der Waals surface area contributed by atoms with Crippen LogP contribution in [-0.2, 0) is 6.61 Å². The van der Waals surface area contributed by atoms with Gasteiger partial charge in [0, 0.05) is 36.4 Å². The molecule has 1 aliphatic carbocycles. The number of fused-ring (bicyclic) bond motifs is 2. The van der Waals surface area contributed by atoms with E-state index in [1.165, 1.54) is 11.0 Å². The summed E-state index contributed by atoms with van der Waals surface area (Å²) >= 11 is 0. The molecule has 10 nitrogen and oxygen atoms in total. The number of anilines is 1. The maximum Gasteiger partial charge on any atom is 0.265 e. The van der Waals surface area contributed by atoms with Gasteiger partial charge in [-0.1, -0.05) is 12.1 Å². The molecular weight excluding hydrogens is 625 g/mol. The van der Waals surface area contributed by atoms with Gasteiger partial charge in [0.15, 0.2) is 0 Å². The number of aliphatic hydroxyl groups excluding tert-OH is 1. The first kappa shape index (κ1) is 31.2. The van der Waals surface area contributed by atoms with Crippen molar-refractivity contribution in [1.82, 2.24) is 19.9 Å². The molecule has 49 heavy (non-hydrogen) atoms. The van der Waals surface area contributed by atoms with Crippen molar-refractivity contribution in [3.63, 3.8) is 0 Å². The van der Waals surface area contributed by atoms with Crippen LogP contribution in [-0.4, -0.2) is 73.7 Å². The number of benzene rings is 2. The van der Waals surface area contributed by atoms with Crippen LogP contribution in [0.5, 0.6) is 5.75 Å². The van der Waals surface area contributed by atoms with Crippen LogP contribution in [0, 0.1) is 5.82 Å². The molecule has 3 aromatic heterocycles. The van der Waals surface area contributed by atoms with Crippen molar-refractivity contribution in [2.24, 2.45) is 0 Å². The number of carbonyl (C=O) groups is 2. The standard InChI is InChI=1S/C38H36FN5O5/c1-38(48)10-13-43(14-11-38)36(46)23-7-8-30(41-20-23)31-19-27-26(9-12-40-35(27)42-31)25-3-2-4-32(28(25)21-45)44-15-16-49-33-18-24(22-5-6-22)17-29(39)34(33)37(44)47/h2-4,7-9,12,17-20,22,45,48H,5-6,10-11,13-16,21H2,1H3,(H,40,42). The van der Waals surface area contributed by atoms with Gasteiger partial charge in [-0.2, -0.15) is 0 Å². The van der Waals surface area contributed by atoms with Gasteiger partial charge in [-0.3, -0.25) is 14.6 Å². The van der Waals surface area contributed by atoms with Crippen molar-refractivity contribution in [3.8, 4) is 28.3 Å². The van der Waals surface area contributed by atoms with Gasteiger partial charge in [0.1, 0.15) is 29.4 Å². The molecule has 2 aliphatic heterocycles. The van der Waals surface area contributed by atoms with Crippen LogP contribution in [0.3, 0.4) is 0 Å². The van der Waals surface area contributed by atoms with Gasteiger partial charge in [0.25, 0.3) is 11.8 Å². The van der Waals surface area contributed by atoms with Gasteiger partial charge in [0.2, 0.25) is 0 Å². The number of nitrogens with one attached hydrogen (secondary N) is 1. The number of pyridine rings is 2. The first-order valence-corrected chi connectivity index (χ1v) is 16.7. The Balaban J connectivity index is 1.10. The molecule has 2 fully saturated rings. The Morgan fingerprint density at radius 1 is 1.06 bits per heavy atom. The third-order valence-corrected chi connectivity index (χ3v) is 9.99. The monoisotopic (exact) mass is 661 g/mol. The summed E-state index contributed by atoms with van der Waals surface area (Å²) in [5.41, 5.74) is 4.90. The molecule has 0 unspecified atom stereocenters. The number of hydrogen-bond donors (Lipinski definition) is 3. The highest BCUT2D eigenvalue weighted by molar-refractivity contribution is 6.09. The van der Waals surface area contributed by atoms with Crippen molar-refractivity contribution >= 4 is 28.5 Å². The summed E-state index contributed by atoms with van der Waals surface area (Å²) < 4.78 is 21.3. The maximum absolute atomic E-state index is 15.4. The molecular formula is C38H36FN5O5. The molecule has 2 amide bonds. The summed E-state index contributed by atoms with van der Waals surface area (Å²) in [6.07, 6.45) is 6.31. The fourth-order valence-corrected chi connectivity index (χ4v) is 6.99. The molecule has 0 bridgehead atoms. The minimum absolute atomic E-state index is 0.0953. The van der Waals surface area contributed by atoms with Gasteiger partial charge >= 0.3 is 0 Å². The van der Waals surface area contributed by atoms with E-state index in [0.717, 1.165) is 29.4 Å². The Labute approximate surface area is 282 Å². The SMILES string of the molecule is CC1(O)CCN(C(=O)c2ccc(-c3cc4c(-c5cccc(N6CCOc7cc(C8CC8)cc(F)c7C6=O)c5CO)ccnc4[nH]3)nc2)CC1. The van der Waals surface area contributed by atoms with Crippen LogP contribution in [0.4, 0.5) is 10.1 Å². The molecule has 0 atom stereocenters. The second-order valence-electron chi connectivity index (χ2n) is 13.4. The molecule has 250 valence electrons. The summed E-state index contributed by atoms with van der Waals surface area (Å²) in [5.74, 6) is -0.650. The zero-order valence-electron chi connectivity index (χ0n) is 27.1. The summed E-state index contributed by atoms with van der Waals surface area (Å²) in [7, 11) is 0. The summed E-state index contributed by atoms with van der Waals surface area (Å²) in [6, 6.07) is 16.0. The Kier molecular flexibility index (Phi) is 7.68. The van der Waals surface area contributed by atoms with E-state index in [2.05, 4.69) is 15.0 Å². The third-order valence-electron chi connectivity index (χ3n) is 9.99. The predicted octanol–water partition coefficient (Wildman–Crippen LogP) is 5.83. The highest BCUT2D eigenvalue weighted by atomic mass is 19.1. The molecule has 2 aromatic carbocycles. The fourth-order valence-electron chi connectivity index (χ4n) is 6.99. The Bertz CT molecular complexity index is 2100. The second-order valence-corrected chi connectivity index (χ2v) is 13.4. The Hall–Kier alpha value is -5.13. The minimum atomic E-state index is -0.745. The van der Waals surface area contributed by atoms with Gasteiger partial charge in [-0.05, 0) is 97.7 Å².